The largest absolute Gasteiger partial charge is 0.493 e. The molecule has 0 N–H and O–H groups in total. The molecule has 168 valence electrons. The molecule has 4 nitrogen and oxygen atoms in total. The number of rotatable bonds is 6. The van der Waals surface area contributed by atoms with Crippen molar-refractivity contribution in [1.82, 2.24) is 0 Å². The molecule has 0 fully saturated rings. The van der Waals surface area contributed by atoms with E-state index in [-0.39, 0.29) is 5.78 Å². The van der Waals surface area contributed by atoms with Crippen molar-refractivity contribution in [3.05, 3.63) is 108 Å². The van der Waals surface area contributed by atoms with E-state index in [0.29, 0.717) is 5.56 Å². The molecule has 4 aromatic rings. The van der Waals surface area contributed by atoms with Crippen LogP contribution in [0, 0.1) is 0 Å². The number of methoxy groups -OCH3 is 2. The summed E-state index contributed by atoms with van der Waals surface area (Å²) in [5.41, 5.74) is 2.79. The summed E-state index contributed by atoms with van der Waals surface area (Å²) < 4.78 is 10.4. The number of ether oxygens (including phenoxy) is 2. The van der Waals surface area contributed by atoms with Gasteiger partial charge >= 0.3 is 0 Å². The summed E-state index contributed by atoms with van der Waals surface area (Å²) in [4.78, 5) is 14.1. The molecular weight excluding hydrogens is 410 g/mol. The minimum atomic E-state index is 0.0264. The predicted octanol–water partition coefficient (Wildman–Crippen LogP) is 6.51. The molecule has 0 aliphatic rings. The number of hydrogen-bond acceptors (Lipinski definition) is 4. The number of hydrogen-bond donors (Lipinski definition) is 0. The smallest absolute Gasteiger partial charge is 0.185 e. The van der Waals surface area contributed by atoms with E-state index < -0.39 is 0 Å². The van der Waals surface area contributed by atoms with E-state index in [9.17, 15) is 4.79 Å². The molecule has 0 atom stereocenters. The van der Waals surface area contributed by atoms with Crippen LogP contribution in [0.5, 0.6) is 11.5 Å². The monoisotopic (exact) mass is 439 g/mol. The third-order valence-corrected chi connectivity index (χ3v) is 5.16. The molecule has 4 aromatic carbocycles. The maximum atomic E-state index is 12.1. The number of para-hydroxylation sites is 1. The number of benzene rings is 4. The van der Waals surface area contributed by atoms with Gasteiger partial charge in [0.05, 0.1) is 19.9 Å². The SMILES string of the molecule is COc1cccc(N(C)C)c1OC.O=C(C=Cc1cccc2ccccc12)c1ccccc1. The molecule has 0 amide bonds. The summed E-state index contributed by atoms with van der Waals surface area (Å²) in [6.45, 7) is 0. The maximum Gasteiger partial charge on any atom is 0.185 e. The van der Waals surface area contributed by atoms with Gasteiger partial charge in [0.2, 0.25) is 0 Å². The van der Waals surface area contributed by atoms with Crippen molar-refractivity contribution in [3.8, 4) is 11.5 Å². The summed E-state index contributed by atoms with van der Waals surface area (Å²) in [5, 5.41) is 2.34. The summed E-state index contributed by atoms with van der Waals surface area (Å²) in [5.74, 6) is 1.56. The van der Waals surface area contributed by atoms with E-state index in [2.05, 4.69) is 18.2 Å². The number of allylic oxidation sites excluding steroid dienone is 1. The quantitative estimate of drug-likeness (QED) is 0.254. The van der Waals surface area contributed by atoms with Gasteiger partial charge in [0.15, 0.2) is 17.3 Å². The van der Waals surface area contributed by atoms with Crippen molar-refractivity contribution < 1.29 is 14.3 Å². The molecule has 0 aliphatic carbocycles. The lowest BCUT2D eigenvalue weighted by Gasteiger charge is -2.18. The van der Waals surface area contributed by atoms with E-state index >= 15 is 0 Å². The maximum absolute atomic E-state index is 12.1. The average Bonchev–Trinajstić information content (AvgIpc) is 2.87. The van der Waals surface area contributed by atoms with Crippen molar-refractivity contribution in [2.24, 2.45) is 0 Å². The summed E-state index contributed by atoms with van der Waals surface area (Å²) >= 11 is 0. The van der Waals surface area contributed by atoms with Crippen molar-refractivity contribution in [1.29, 1.82) is 0 Å². The number of carbonyl (C=O) groups excluding carboxylic acids is 1. The number of fused-ring (bicyclic) bond motifs is 1. The Morgan fingerprint density at radius 2 is 1.42 bits per heavy atom. The van der Waals surface area contributed by atoms with E-state index in [0.717, 1.165) is 28.1 Å². The molecule has 0 unspecified atom stereocenters. The predicted molar refractivity (Wildman–Crippen MR) is 138 cm³/mol. The molecule has 33 heavy (non-hydrogen) atoms. The summed E-state index contributed by atoms with van der Waals surface area (Å²) in [6.07, 6.45) is 3.52. The van der Waals surface area contributed by atoms with E-state index in [1.165, 1.54) is 5.39 Å². The molecule has 4 rings (SSSR count). The highest BCUT2D eigenvalue weighted by atomic mass is 16.5. The fourth-order valence-electron chi connectivity index (χ4n) is 3.48. The molecule has 0 radical (unpaired) electrons. The fraction of sp³-hybridized carbons (Fsp3) is 0.138. The standard InChI is InChI=1S/C19H14O.C10H15NO2/c20-19(17-8-2-1-3-9-17)14-13-16-11-6-10-15-7-4-5-12-18(15)16;1-11(2)8-6-5-7-9(12-3)10(8)13-4/h1-14H;5-7H,1-4H3. The summed E-state index contributed by atoms with van der Waals surface area (Å²) in [7, 11) is 7.22. The lowest BCUT2D eigenvalue weighted by atomic mass is 10.0. The zero-order valence-electron chi connectivity index (χ0n) is 19.5. The van der Waals surface area contributed by atoms with Crippen LogP contribution in [0.2, 0.25) is 0 Å². The highest BCUT2D eigenvalue weighted by Gasteiger charge is 2.09. The van der Waals surface area contributed by atoms with Gasteiger partial charge in [-0.1, -0.05) is 84.9 Å². The second kappa shape index (κ2) is 11.5. The molecule has 0 spiro atoms. The molecule has 0 aromatic heterocycles. The minimum absolute atomic E-state index is 0.0264. The van der Waals surface area contributed by atoms with E-state index in [1.807, 2.05) is 97.9 Å². The number of ketones is 1. The van der Waals surface area contributed by atoms with Crippen LogP contribution in [-0.2, 0) is 0 Å². The zero-order chi connectivity index (χ0) is 23.6. The molecular formula is C29H29NO3. The van der Waals surface area contributed by atoms with Crippen LogP contribution < -0.4 is 14.4 Å². The van der Waals surface area contributed by atoms with Crippen LogP contribution in [0.25, 0.3) is 16.8 Å². The molecule has 0 bridgehead atoms. The first kappa shape index (κ1) is 23.6. The van der Waals surface area contributed by atoms with Crippen LogP contribution in [0.4, 0.5) is 5.69 Å². The van der Waals surface area contributed by atoms with Crippen LogP contribution in [-0.4, -0.2) is 34.1 Å². The first-order valence-corrected chi connectivity index (χ1v) is 10.7. The summed E-state index contributed by atoms with van der Waals surface area (Å²) in [6, 6.07) is 29.4. The van der Waals surface area contributed by atoms with Crippen molar-refractivity contribution in [3.63, 3.8) is 0 Å². The Labute approximate surface area is 195 Å². The Bertz CT molecular complexity index is 1220. The van der Waals surface area contributed by atoms with Crippen molar-refractivity contribution >= 4 is 28.3 Å². The van der Waals surface area contributed by atoms with Gasteiger partial charge in [-0.2, -0.15) is 0 Å². The molecule has 4 heteroatoms. The van der Waals surface area contributed by atoms with Gasteiger partial charge in [0.1, 0.15) is 0 Å². The third-order valence-electron chi connectivity index (χ3n) is 5.16. The highest BCUT2D eigenvalue weighted by molar-refractivity contribution is 6.07. The number of anilines is 1. The van der Waals surface area contributed by atoms with Gasteiger partial charge in [-0.25, -0.2) is 0 Å². The van der Waals surface area contributed by atoms with Crippen LogP contribution >= 0.6 is 0 Å². The lowest BCUT2D eigenvalue weighted by Crippen LogP contribution is -2.10. The van der Waals surface area contributed by atoms with Crippen molar-refractivity contribution in [2.45, 2.75) is 0 Å². The van der Waals surface area contributed by atoms with Crippen LogP contribution in [0.15, 0.2) is 97.1 Å². The Hall–Kier alpha value is -4.05. The first-order valence-electron chi connectivity index (χ1n) is 10.7. The normalized spacial score (nSPS) is 10.4. The zero-order valence-corrected chi connectivity index (χ0v) is 19.5. The van der Waals surface area contributed by atoms with Crippen molar-refractivity contribution in [2.75, 3.05) is 33.2 Å². The molecule has 0 heterocycles. The fourth-order valence-corrected chi connectivity index (χ4v) is 3.48. The highest BCUT2D eigenvalue weighted by Crippen LogP contribution is 2.35. The first-order chi connectivity index (χ1) is 16.0. The van der Waals surface area contributed by atoms with Crippen LogP contribution in [0.1, 0.15) is 15.9 Å². The molecule has 0 saturated carbocycles. The van der Waals surface area contributed by atoms with Gasteiger partial charge < -0.3 is 14.4 Å². The lowest BCUT2D eigenvalue weighted by molar-refractivity contribution is 0.104. The Morgan fingerprint density at radius 3 is 2.12 bits per heavy atom. The Morgan fingerprint density at radius 1 is 0.758 bits per heavy atom. The third kappa shape index (κ3) is 6.01. The molecule has 0 saturated heterocycles. The van der Waals surface area contributed by atoms with Gasteiger partial charge in [0.25, 0.3) is 0 Å². The van der Waals surface area contributed by atoms with Gasteiger partial charge in [-0.05, 0) is 34.5 Å². The average molecular weight is 440 g/mol. The Kier molecular flexibility index (Phi) is 8.25. The molecule has 0 aliphatic heterocycles. The van der Waals surface area contributed by atoms with E-state index in [4.69, 9.17) is 9.47 Å². The van der Waals surface area contributed by atoms with Crippen LogP contribution in [0.3, 0.4) is 0 Å². The van der Waals surface area contributed by atoms with E-state index in [1.54, 1.807) is 20.3 Å². The minimum Gasteiger partial charge on any atom is -0.493 e. The topological polar surface area (TPSA) is 38.8 Å². The number of carbonyl (C=O) groups is 1. The van der Waals surface area contributed by atoms with Gasteiger partial charge in [-0.3, -0.25) is 4.79 Å². The second-order valence-corrected chi connectivity index (χ2v) is 7.54. The van der Waals surface area contributed by atoms with Gasteiger partial charge in [-0.15, -0.1) is 0 Å². The van der Waals surface area contributed by atoms with Gasteiger partial charge in [0, 0.05) is 19.7 Å². The second-order valence-electron chi connectivity index (χ2n) is 7.54. The Balaban J connectivity index is 0.000000205. The number of nitrogens with zero attached hydrogens (tertiary/aromatic N) is 1.